The first kappa shape index (κ1) is 13.8. The molecule has 0 aliphatic rings. The van der Waals surface area contributed by atoms with Crippen molar-refractivity contribution in [1.82, 2.24) is 5.32 Å². The average Bonchev–Trinajstić information content (AvgIpc) is 2.10. The van der Waals surface area contributed by atoms with E-state index >= 15 is 0 Å². The van der Waals surface area contributed by atoms with Crippen molar-refractivity contribution in [3.05, 3.63) is 0 Å². The van der Waals surface area contributed by atoms with Gasteiger partial charge in [0, 0.05) is 6.54 Å². The minimum atomic E-state index is -0.171. The van der Waals surface area contributed by atoms with Crippen molar-refractivity contribution in [1.29, 1.82) is 5.41 Å². The van der Waals surface area contributed by atoms with Gasteiger partial charge in [0.2, 0.25) is 5.91 Å². The standard InChI is InChI=1S/C8H17N5OS/c1-5(2)3-12-6(14)4-15-8(11)13-7(9)10/h5H,3-4H2,1-2H3,(H,12,14)(H5,9,10,11,13). The molecule has 6 N–H and O–H groups in total. The smallest absolute Gasteiger partial charge is 0.230 e. The van der Waals surface area contributed by atoms with Crippen molar-refractivity contribution in [2.45, 2.75) is 13.8 Å². The second kappa shape index (κ2) is 7.10. The Morgan fingerprint density at radius 1 is 1.53 bits per heavy atom. The van der Waals surface area contributed by atoms with Crippen LogP contribution < -0.4 is 16.8 Å². The lowest BCUT2D eigenvalue weighted by Gasteiger charge is -2.06. The summed E-state index contributed by atoms with van der Waals surface area (Å²) in [6.07, 6.45) is 0. The van der Waals surface area contributed by atoms with Gasteiger partial charge in [-0.25, -0.2) is 0 Å². The van der Waals surface area contributed by atoms with Gasteiger partial charge in [-0.1, -0.05) is 25.6 Å². The molecule has 0 radical (unpaired) electrons. The molecule has 1 amide bonds. The summed E-state index contributed by atoms with van der Waals surface area (Å²) in [7, 11) is 0. The van der Waals surface area contributed by atoms with Crippen LogP contribution in [0.5, 0.6) is 0 Å². The van der Waals surface area contributed by atoms with Crippen LogP contribution in [0.3, 0.4) is 0 Å². The van der Waals surface area contributed by atoms with Crippen molar-refractivity contribution < 1.29 is 4.79 Å². The summed E-state index contributed by atoms with van der Waals surface area (Å²) in [6, 6.07) is 0. The second-order valence-electron chi connectivity index (χ2n) is 3.33. The third-order valence-electron chi connectivity index (χ3n) is 1.28. The monoisotopic (exact) mass is 231 g/mol. The van der Waals surface area contributed by atoms with E-state index in [2.05, 4.69) is 10.3 Å². The van der Waals surface area contributed by atoms with Crippen LogP contribution in [0.15, 0.2) is 4.99 Å². The van der Waals surface area contributed by atoms with Crippen LogP contribution in [0.25, 0.3) is 0 Å². The summed E-state index contributed by atoms with van der Waals surface area (Å²) in [5.74, 6) is 0.276. The lowest BCUT2D eigenvalue weighted by Crippen LogP contribution is -2.29. The highest BCUT2D eigenvalue weighted by Crippen LogP contribution is 2.02. The van der Waals surface area contributed by atoms with E-state index in [1.165, 1.54) is 0 Å². The molecule has 0 saturated carbocycles. The van der Waals surface area contributed by atoms with Crippen molar-refractivity contribution in [2.75, 3.05) is 12.3 Å². The molecule has 0 unspecified atom stereocenters. The Morgan fingerprint density at radius 2 is 2.13 bits per heavy atom. The van der Waals surface area contributed by atoms with Crippen LogP contribution in [-0.2, 0) is 4.79 Å². The lowest BCUT2D eigenvalue weighted by atomic mass is 10.2. The van der Waals surface area contributed by atoms with E-state index in [1.807, 2.05) is 13.8 Å². The van der Waals surface area contributed by atoms with Crippen molar-refractivity contribution >= 4 is 28.8 Å². The number of nitrogens with zero attached hydrogens (tertiary/aromatic N) is 1. The van der Waals surface area contributed by atoms with Crippen LogP contribution in [0.4, 0.5) is 0 Å². The molecule has 0 rings (SSSR count). The maximum absolute atomic E-state index is 11.2. The zero-order valence-electron chi connectivity index (χ0n) is 8.91. The first-order chi connectivity index (χ1) is 6.91. The Hall–Kier alpha value is -1.24. The van der Waals surface area contributed by atoms with Gasteiger partial charge in [0.25, 0.3) is 0 Å². The quantitative estimate of drug-likeness (QED) is 0.392. The molecule has 0 saturated heterocycles. The van der Waals surface area contributed by atoms with Gasteiger partial charge in [-0.3, -0.25) is 10.2 Å². The minimum absolute atomic E-state index is 0.0605. The number of nitrogens with two attached hydrogens (primary N) is 2. The second-order valence-corrected chi connectivity index (χ2v) is 4.29. The van der Waals surface area contributed by atoms with Crippen LogP contribution in [0.1, 0.15) is 13.8 Å². The number of aliphatic imine (C=N–C) groups is 1. The Bertz CT molecular complexity index is 260. The molecule has 15 heavy (non-hydrogen) atoms. The van der Waals surface area contributed by atoms with Gasteiger partial charge in [-0.05, 0) is 5.92 Å². The molecule has 6 nitrogen and oxygen atoms in total. The van der Waals surface area contributed by atoms with E-state index < -0.39 is 0 Å². The SMILES string of the molecule is CC(C)CNC(=O)CSC(=N)N=C(N)N. The molecule has 0 aromatic heterocycles. The molecule has 0 atom stereocenters. The van der Waals surface area contributed by atoms with Gasteiger partial charge in [0.05, 0.1) is 5.75 Å². The van der Waals surface area contributed by atoms with Gasteiger partial charge in [-0.15, -0.1) is 0 Å². The molecule has 0 fully saturated rings. The minimum Gasteiger partial charge on any atom is -0.370 e. The Labute approximate surface area is 93.4 Å². The van der Waals surface area contributed by atoms with E-state index in [-0.39, 0.29) is 22.8 Å². The van der Waals surface area contributed by atoms with Gasteiger partial charge in [0.1, 0.15) is 0 Å². The number of hydrogen-bond donors (Lipinski definition) is 4. The number of amidine groups is 1. The third kappa shape index (κ3) is 9.07. The van der Waals surface area contributed by atoms with Crippen molar-refractivity contribution in [3.8, 4) is 0 Å². The van der Waals surface area contributed by atoms with E-state index in [4.69, 9.17) is 16.9 Å². The van der Waals surface area contributed by atoms with Crippen LogP contribution in [-0.4, -0.2) is 29.3 Å². The summed E-state index contributed by atoms with van der Waals surface area (Å²) in [5.41, 5.74) is 10.1. The van der Waals surface area contributed by atoms with Crippen LogP contribution in [0.2, 0.25) is 0 Å². The summed E-state index contributed by atoms with van der Waals surface area (Å²) in [6.45, 7) is 4.65. The number of hydrogen-bond acceptors (Lipinski definition) is 3. The number of guanidine groups is 1. The fraction of sp³-hybridized carbons (Fsp3) is 0.625. The van der Waals surface area contributed by atoms with E-state index in [0.717, 1.165) is 11.8 Å². The van der Waals surface area contributed by atoms with E-state index in [0.29, 0.717) is 12.5 Å². The highest BCUT2D eigenvalue weighted by atomic mass is 32.2. The molecule has 0 spiro atoms. The van der Waals surface area contributed by atoms with E-state index in [9.17, 15) is 4.79 Å². The first-order valence-electron chi connectivity index (χ1n) is 4.49. The highest BCUT2D eigenvalue weighted by Gasteiger charge is 2.04. The molecule has 7 heteroatoms. The Morgan fingerprint density at radius 3 is 2.60 bits per heavy atom. The zero-order valence-corrected chi connectivity index (χ0v) is 9.73. The molecule has 0 aliphatic carbocycles. The van der Waals surface area contributed by atoms with Crippen LogP contribution >= 0.6 is 11.8 Å². The summed E-state index contributed by atoms with van der Waals surface area (Å²) < 4.78 is 0. The largest absolute Gasteiger partial charge is 0.370 e. The fourth-order valence-corrected chi connectivity index (χ4v) is 1.19. The van der Waals surface area contributed by atoms with Crippen LogP contribution in [0, 0.1) is 11.3 Å². The molecule has 0 heterocycles. The number of carbonyl (C=O) groups is 1. The zero-order chi connectivity index (χ0) is 11.8. The number of nitrogens with one attached hydrogen (secondary N) is 2. The predicted octanol–water partition coefficient (Wildman–Crippen LogP) is -0.300. The topological polar surface area (TPSA) is 117 Å². The molecule has 0 aliphatic heterocycles. The number of carbonyl (C=O) groups excluding carboxylic acids is 1. The molecular formula is C8H17N5OS. The first-order valence-corrected chi connectivity index (χ1v) is 5.48. The maximum atomic E-state index is 11.2. The maximum Gasteiger partial charge on any atom is 0.230 e. The summed E-state index contributed by atoms with van der Waals surface area (Å²) in [4.78, 5) is 14.7. The fourth-order valence-electron chi connectivity index (χ4n) is 0.652. The van der Waals surface area contributed by atoms with Gasteiger partial charge in [0.15, 0.2) is 11.1 Å². The normalized spacial score (nSPS) is 9.80. The highest BCUT2D eigenvalue weighted by molar-refractivity contribution is 8.14. The number of thioether (sulfide) groups is 1. The average molecular weight is 231 g/mol. The Kier molecular flexibility index (Phi) is 6.52. The number of rotatable bonds is 4. The van der Waals surface area contributed by atoms with Crippen molar-refractivity contribution in [3.63, 3.8) is 0 Å². The molecule has 0 aromatic rings. The molecule has 86 valence electrons. The van der Waals surface area contributed by atoms with Gasteiger partial charge >= 0.3 is 0 Å². The molecule has 0 bridgehead atoms. The Balaban J connectivity index is 3.72. The summed E-state index contributed by atoms with van der Waals surface area (Å²) in [5, 5.41) is 9.93. The van der Waals surface area contributed by atoms with E-state index in [1.54, 1.807) is 0 Å². The predicted molar refractivity (Wildman–Crippen MR) is 63.8 cm³/mol. The molecular weight excluding hydrogens is 214 g/mol. The van der Waals surface area contributed by atoms with Gasteiger partial charge in [-0.2, -0.15) is 4.99 Å². The third-order valence-corrected chi connectivity index (χ3v) is 2.05. The number of amides is 1. The summed E-state index contributed by atoms with van der Waals surface area (Å²) >= 11 is 0.988. The lowest BCUT2D eigenvalue weighted by molar-refractivity contribution is -0.118. The van der Waals surface area contributed by atoms with Gasteiger partial charge < -0.3 is 16.8 Å². The molecule has 0 aromatic carbocycles. The van der Waals surface area contributed by atoms with Crippen molar-refractivity contribution in [2.24, 2.45) is 22.4 Å².